The van der Waals surface area contributed by atoms with Gasteiger partial charge in [-0.15, -0.1) is 5.01 Å². The first-order chi connectivity index (χ1) is 14.1. The lowest BCUT2D eigenvalue weighted by molar-refractivity contribution is -0.710. The molecular weight excluding hydrogens is 389 g/mol. The number of rotatable bonds is 7. The Morgan fingerprint density at radius 3 is 2.37 bits per heavy atom. The first-order valence-corrected chi connectivity index (χ1v) is 10.1. The molecule has 9 nitrogen and oxygen atoms in total. The van der Waals surface area contributed by atoms with E-state index in [1.807, 2.05) is 53.7 Å². The van der Waals surface area contributed by atoms with Crippen molar-refractivity contribution in [2.45, 2.75) is 59.4 Å². The minimum atomic E-state index is -0.552. The number of hydrogen-bond donors (Lipinski definition) is 0. The second kappa shape index (κ2) is 8.27. The van der Waals surface area contributed by atoms with Crippen LogP contribution in [-0.2, 0) is 20.8 Å². The molecule has 0 N–H and O–H groups in total. The van der Waals surface area contributed by atoms with Crippen LogP contribution in [0.15, 0.2) is 38.8 Å². The molecule has 30 heavy (non-hydrogen) atoms. The molecule has 0 amide bonds. The molecule has 2 heterocycles. The molecule has 2 aromatic rings. The first kappa shape index (κ1) is 22.1. The molecule has 0 aliphatic carbocycles. The van der Waals surface area contributed by atoms with Crippen molar-refractivity contribution in [3.8, 4) is 0 Å². The van der Waals surface area contributed by atoms with Crippen molar-refractivity contribution in [2.75, 3.05) is 13.1 Å². The number of nitrogens with zero attached hydrogens (tertiary/aromatic N) is 3. The lowest BCUT2D eigenvalue weighted by atomic mass is 9.79. The highest BCUT2D eigenvalue weighted by Gasteiger charge is 2.51. The average molecular weight is 417 g/mol. The molecule has 0 spiro atoms. The molecule has 1 aliphatic heterocycles. The molecule has 3 rings (SSSR count). The van der Waals surface area contributed by atoms with E-state index < -0.39 is 23.9 Å². The molecule has 162 valence electrons. The largest absolute Gasteiger partial charge is 0.569 e. The van der Waals surface area contributed by atoms with Gasteiger partial charge in [0, 0.05) is 5.39 Å². The molecule has 1 aromatic carbocycles. The van der Waals surface area contributed by atoms with Gasteiger partial charge in [-0.25, -0.2) is 4.79 Å². The molecule has 1 saturated heterocycles. The molecule has 0 saturated carbocycles. The average Bonchev–Trinajstić information content (AvgIpc) is 2.90. The van der Waals surface area contributed by atoms with E-state index in [0.29, 0.717) is 23.6 Å². The maximum atomic E-state index is 12.3. The fourth-order valence-electron chi connectivity index (χ4n) is 3.06. The van der Waals surface area contributed by atoms with Gasteiger partial charge in [0.1, 0.15) is 5.58 Å². The minimum absolute atomic E-state index is 0.169. The van der Waals surface area contributed by atoms with Crippen LogP contribution in [0.4, 0.5) is 0 Å². The minimum Gasteiger partial charge on any atom is -0.569 e. The SMILES string of the molecule is CCN(CC)/[N+]([O-])=N/OCc1cc2ccc(B3OC(C)(C)C(C)(C)O3)cc2oc1=O. The Hall–Kier alpha value is -2.59. The van der Waals surface area contributed by atoms with Crippen LogP contribution < -0.4 is 11.1 Å². The molecule has 1 aliphatic rings. The van der Waals surface area contributed by atoms with Crippen molar-refractivity contribution in [3.05, 3.63) is 45.5 Å². The van der Waals surface area contributed by atoms with Crippen LogP contribution >= 0.6 is 0 Å². The van der Waals surface area contributed by atoms with Gasteiger partial charge in [0.25, 0.3) is 0 Å². The second-order valence-corrected chi connectivity index (χ2v) is 8.19. The van der Waals surface area contributed by atoms with Gasteiger partial charge in [-0.1, -0.05) is 12.1 Å². The van der Waals surface area contributed by atoms with Crippen molar-refractivity contribution >= 4 is 23.6 Å². The summed E-state index contributed by atoms with van der Waals surface area (Å²) in [7, 11) is -0.547. The van der Waals surface area contributed by atoms with E-state index in [4.69, 9.17) is 18.6 Å². The van der Waals surface area contributed by atoms with E-state index in [1.165, 1.54) is 5.01 Å². The third-order valence-corrected chi connectivity index (χ3v) is 5.68. The fraction of sp³-hybridized carbons (Fsp3) is 0.550. The molecule has 0 bridgehead atoms. The predicted molar refractivity (Wildman–Crippen MR) is 112 cm³/mol. The van der Waals surface area contributed by atoms with Crippen LogP contribution in [0.2, 0.25) is 0 Å². The highest BCUT2D eigenvalue weighted by atomic mass is 16.7. The smallest absolute Gasteiger partial charge is 0.494 e. The molecule has 0 radical (unpaired) electrons. The second-order valence-electron chi connectivity index (χ2n) is 8.19. The highest BCUT2D eigenvalue weighted by Crippen LogP contribution is 2.36. The summed E-state index contributed by atoms with van der Waals surface area (Å²) in [6, 6.07) is 7.11. The number of benzene rings is 1. The zero-order valence-corrected chi connectivity index (χ0v) is 18.3. The first-order valence-electron chi connectivity index (χ1n) is 10.1. The van der Waals surface area contributed by atoms with Crippen molar-refractivity contribution in [3.63, 3.8) is 0 Å². The van der Waals surface area contributed by atoms with Gasteiger partial charge in [-0.3, -0.25) is 0 Å². The maximum absolute atomic E-state index is 12.3. The van der Waals surface area contributed by atoms with E-state index in [9.17, 15) is 10.0 Å². The van der Waals surface area contributed by atoms with Gasteiger partial charge in [-0.05, 0) is 59.1 Å². The van der Waals surface area contributed by atoms with Gasteiger partial charge >= 0.3 is 12.7 Å². The number of hydrogen-bond acceptors (Lipinski definition) is 7. The van der Waals surface area contributed by atoms with E-state index in [-0.39, 0.29) is 12.2 Å². The Balaban J connectivity index is 1.78. The Bertz CT molecular complexity index is 984. The van der Waals surface area contributed by atoms with Crippen molar-refractivity contribution in [1.29, 1.82) is 0 Å². The van der Waals surface area contributed by atoms with Crippen molar-refractivity contribution in [2.24, 2.45) is 5.28 Å². The lowest BCUT2D eigenvalue weighted by Crippen LogP contribution is -2.41. The normalized spacial score (nSPS) is 18.1. The van der Waals surface area contributed by atoms with E-state index in [0.717, 1.165) is 10.8 Å². The number of hydrazine groups is 1. The van der Waals surface area contributed by atoms with Gasteiger partial charge < -0.3 is 23.8 Å². The molecule has 0 atom stereocenters. The van der Waals surface area contributed by atoms with Crippen LogP contribution in [0.5, 0.6) is 0 Å². The zero-order chi connectivity index (χ0) is 22.1. The Morgan fingerprint density at radius 1 is 1.13 bits per heavy atom. The molecule has 1 aromatic heterocycles. The van der Waals surface area contributed by atoms with Crippen LogP contribution in [0.3, 0.4) is 0 Å². The van der Waals surface area contributed by atoms with Crippen LogP contribution in [-0.4, -0.2) is 41.4 Å². The van der Waals surface area contributed by atoms with Gasteiger partial charge in [-0.2, -0.15) is 0 Å². The zero-order valence-electron chi connectivity index (χ0n) is 18.3. The molecular formula is C20H28BN3O6. The molecule has 0 unspecified atom stereocenters. The number of fused-ring (bicyclic) bond motifs is 1. The summed E-state index contributed by atoms with van der Waals surface area (Å²) in [5.41, 5.74) is -0.0186. The summed E-state index contributed by atoms with van der Waals surface area (Å²) in [6.45, 7) is 12.4. The Kier molecular flexibility index (Phi) is 6.10. The van der Waals surface area contributed by atoms with E-state index >= 15 is 0 Å². The molecule has 1 fully saturated rings. The van der Waals surface area contributed by atoms with E-state index in [1.54, 1.807) is 12.1 Å². The Morgan fingerprint density at radius 2 is 1.77 bits per heavy atom. The summed E-state index contributed by atoms with van der Waals surface area (Å²) in [5.74, 6) is 0. The lowest BCUT2D eigenvalue weighted by Gasteiger charge is -2.32. The third kappa shape index (κ3) is 4.29. The summed E-state index contributed by atoms with van der Waals surface area (Å²) in [6.07, 6.45) is 0. The fourth-order valence-corrected chi connectivity index (χ4v) is 3.06. The predicted octanol–water partition coefficient (Wildman–Crippen LogP) is 2.74. The maximum Gasteiger partial charge on any atom is 0.494 e. The summed E-state index contributed by atoms with van der Waals surface area (Å²) in [4.78, 5) is 17.8. The van der Waals surface area contributed by atoms with E-state index in [2.05, 4.69) is 5.28 Å². The molecule has 10 heteroatoms. The van der Waals surface area contributed by atoms with Gasteiger partial charge in [0.2, 0.25) is 5.28 Å². The van der Waals surface area contributed by atoms with Gasteiger partial charge in [0.15, 0.2) is 6.61 Å². The topological polar surface area (TPSA) is 99.6 Å². The highest BCUT2D eigenvalue weighted by molar-refractivity contribution is 6.62. The van der Waals surface area contributed by atoms with Crippen LogP contribution in [0.1, 0.15) is 47.1 Å². The van der Waals surface area contributed by atoms with Crippen LogP contribution in [0.25, 0.3) is 11.0 Å². The standard InChI is InChI=1S/C20H28BN3O6/c1-7-23(8-2)24(26)22-27-13-15-11-14-9-10-16(12-17(14)28-18(15)25)21-29-19(3,4)20(5,6)30-21/h9-12H,7-8,13H2,1-6H3/b24-22-. The summed E-state index contributed by atoms with van der Waals surface area (Å²) in [5, 5.41) is 17.4. The van der Waals surface area contributed by atoms with Crippen LogP contribution in [0, 0.1) is 5.21 Å². The quantitative estimate of drug-likeness (QED) is 0.225. The summed E-state index contributed by atoms with van der Waals surface area (Å²) >= 11 is 0. The monoisotopic (exact) mass is 417 g/mol. The van der Waals surface area contributed by atoms with Crippen molar-refractivity contribution in [1.82, 2.24) is 5.01 Å². The van der Waals surface area contributed by atoms with Gasteiger partial charge in [0.05, 0.1) is 34.8 Å². The Labute approximate surface area is 175 Å². The third-order valence-electron chi connectivity index (χ3n) is 5.68. The summed E-state index contributed by atoms with van der Waals surface area (Å²) < 4.78 is 17.6. The van der Waals surface area contributed by atoms with Crippen molar-refractivity contribution < 1.29 is 23.5 Å².